The highest BCUT2D eigenvalue weighted by Gasteiger charge is 2.32. The summed E-state index contributed by atoms with van der Waals surface area (Å²) >= 11 is 0. The lowest BCUT2D eigenvalue weighted by Gasteiger charge is -2.36. The summed E-state index contributed by atoms with van der Waals surface area (Å²) < 4.78 is 50.7. The van der Waals surface area contributed by atoms with Gasteiger partial charge in [0.2, 0.25) is 0 Å². The molecule has 5 aromatic heterocycles. The van der Waals surface area contributed by atoms with E-state index in [-0.39, 0.29) is 41.4 Å². The molecule has 2 aliphatic heterocycles. The van der Waals surface area contributed by atoms with Crippen molar-refractivity contribution in [3.8, 4) is 11.1 Å². The zero-order valence-corrected chi connectivity index (χ0v) is 35.1. The summed E-state index contributed by atoms with van der Waals surface area (Å²) in [6, 6.07) is 4.54. The van der Waals surface area contributed by atoms with Crippen LogP contribution in [0.4, 0.5) is 24.7 Å². The number of amides is 1. The minimum Gasteiger partial charge on any atom is -0.395 e. The number of hydrogen-bond donors (Lipinski definition) is 5. The average molecular weight is 874 g/mol. The maximum Gasteiger partial charge on any atom is 0.284 e. The van der Waals surface area contributed by atoms with Gasteiger partial charge in [-0.25, -0.2) is 22.7 Å². The molecule has 0 spiro atoms. The van der Waals surface area contributed by atoms with Crippen molar-refractivity contribution in [3.05, 3.63) is 72.5 Å². The van der Waals surface area contributed by atoms with E-state index in [9.17, 15) is 28.9 Å². The van der Waals surface area contributed by atoms with Gasteiger partial charge in [0.1, 0.15) is 29.7 Å². The molecule has 5 N–H and O–H groups in total. The van der Waals surface area contributed by atoms with Crippen molar-refractivity contribution in [2.45, 2.75) is 102 Å². The lowest BCUT2D eigenvalue weighted by Crippen LogP contribution is -2.48. The van der Waals surface area contributed by atoms with Gasteiger partial charge in [0.05, 0.1) is 54.5 Å². The van der Waals surface area contributed by atoms with E-state index < -0.39 is 36.5 Å². The molecule has 3 atom stereocenters. The van der Waals surface area contributed by atoms with Gasteiger partial charge in [-0.15, -0.1) is 0 Å². The van der Waals surface area contributed by atoms with Crippen molar-refractivity contribution in [1.82, 2.24) is 54.2 Å². The van der Waals surface area contributed by atoms with E-state index >= 15 is 4.39 Å². The number of nitrogens with zero attached hydrogens (tertiary/aromatic N) is 11. The summed E-state index contributed by atoms with van der Waals surface area (Å²) in [6.45, 7) is 5.73. The van der Waals surface area contributed by atoms with Crippen LogP contribution in [-0.2, 0) is 0 Å². The predicted molar refractivity (Wildman–Crippen MR) is 228 cm³/mol. The maximum absolute atomic E-state index is 15.4. The Bertz CT molecular complexity index is 2520. The molecule has 336 valence electrons. The van der Waals surface area contributed by atoms with E-state index in [1.54, 1.807) is 40.1 Å². The molecule has 20 heteroatoms. The van der Waals surface area contributed by atoms with Crippen LogP contribution in [0.5, 0.6) is 0 Å². The highest BCUT2D eigenvalue weighted by Crippen LogP contribution is 2.38. The summed E-state index contributed by atoms with van der Waals surface area (Å²) in [4.78, 5) is 22.5. The van der Waals surface area contributed by atoms with E-state index in [0.717, 1.165) is 64.6 Å². The largest absolute Gasteiger partial charge is 0.395 e. The minimum absolute atomic E-state index is 0.0404. The predicted octanol–water partition coefficient (Wildman–Crippen LogP) is 5.31. The second-order valence-corrected chi connectivity index (χ2v) is 17.1. The molecule has 7 heterocycles. The lowest BCUT2D eigenvalue weighted by atomic mass is 9.85. The van der Waals surface area contributed by atoms with E-state index in [2.05, 4.69) is 40.9 Å². The van der Waals surface area contributed by atoms with Gasteiger partial charge in [-0.2, -0.15) is 20.4 Å². The van der Waals surface area contributed by atoms with Gasteiger partial charge in [0.25, 0.3) is 12.3 Å². The van der Waals surface area contributed by atoms with E-state index in [4.69, 9.17) is 0 Å². The summed E-state index contributed by atoms with van der Waals surface area (Å²) in [5, 5.41) is 53.8. The molecule has 9 rings (SSSR count). The average Bonchev–Trinajstić information content (AvgIpc) is 4.10. The molecule has 3 fully saturated rings. The van der Waals surface area contributed by atoms with Crippen LogP contribution in [0.3, 0.4) is 0 Å². The molecule has 1 amide bonds. The first-order valence-corrected chi connectivity index (χ1v) is 22.0. The number of anilines is 2. The van der Waals surface area contributed by atoms with Crippen molar-refractivity contribution in [1.29, 1.82) is 0 Å². The molecule has 2 saturated heterocycles. The first-order chi connectivity index (χ1) is 30.6. The second-order valence-electron chi connectivity index (χ2n) is 17.1. The Morgan fingerprint density at radius 3 is 2.48 bits per heavy atom. The Hall–Kier alpha value is -5.41. The van der Waals surface area contributed by atoms with Crippen LogP contribution in [0, 0.1) is 11.7 Å². The van der Waals surface area contributed by atoms with Crippen LogP contribution < -0.4 is 15.5 Å². The number of aliphatic hydroxyl groups excluding tert-OH is 3. The molecule has 1 aliphatic carbocycles. The normalized spacial score (nSPS) is 22.7. The Balaban J connectivity index is 0.789. The molecule has 17 nitrogen and oxygen atoms in total. The Morgan fingerprint density at radius 1 is 0.937 bits per heavy atom. The number of likely N-dealkylation sites (tertiary alicyclic amines) is 1. The number of rotatable bonds is 14. The van der Waals surface area contributed by atoms with Crippen LogP contribution in [0.1, 0.15) is 105 Å². The number of carbonyl (C=O) groups excluding carboxylic acids is 1. The van der Waals surface area contributed by atoms with Gasteiger partial charge in [0, 0.05) is 67.8 Å². The molecule has 3 aliphatic rings. The van der Waals surface area contributed by atoms with E-state index in [1.165, 1.54) is 23.0 Å². The summed E-state index contributed by atoms with van der Waals surface area (Å²) in [5.41, 5.74) is 1.67. The Morgan fingerprint density at radius 2 is 1.73 bits per heavy atom. The highest BCUT2D eigenvalue weighted by molar-refractivity contribution is 6.08. The smallest absolute Gasteiger partial charge is 0.284 e. The topological polar surface area (TPSA) is 192 Å². The third kappa shape index (κ3) is 8.78. The monoisotopic (exact) mass is 873 g/mol. The quantitative estimate of drug-likeness (QED) is 0.0950. The molecule has 63 heavy (non-hydrogen) atoms. The number of nitrogens with one attached hydrogen (secondary N) is 2. The second kappa shape index (κ2) is 18.4. The Labute approximate surface area is 361 Å². The lowest BCUT2D eigenvalue weighted by molar-refractivity contribution is -0.0296. The van der Waals surface area contributed by atoms with Crippen molar-refractivity contribution in [2.75, 3.05) is 49.5 Å². The number of carbonyl (C=O) groups is 1. The van der Waals surface area contributed by atoms with Gasteiger partial charge < -0.3 is 30.4 Å². The fourth-order valence-electron chi connectivity index (χ4n) is 9.74. The first kappa shape index (κ1) is 42.9. The fourth-order valence-corrected chi connectivity index (χ4v) is 9.74. The van der Waals surface area contributed by atoms with Crippen molar-refractivity contribution in [3.63, 3.8) is 0 Å². The number of piperidine rings is 2. The van der Waals surface area contributed by atoms with Crippen LogP contribution in [0.15, 0.2) is 55.4 Å². The molecular weight excluding hydrogens is 820 g/mol. The number of halogens is 3. The minimum atomic E-state index is -2.89. The number of aromatic nitrogens is 9. The molecule has 6 aromatic rings. The van der Waals surface area contributed by atoms with Crippen LogP contribution in [0.2, 0.25) is 0 Å². The number of aliphatic hydroxyl groups is 3. The third-order valence-corrected chi connectivity index (χ3v) is 13.0. The number of hydrogen-bond acceptors (Lipinski definition) is 12. The SMILES string of the molecule is CCCN(CCO)c1ccn2ncc(C(=O)Nc3cn(C4CCC(CN5CCC(n6cc(-c7c(F)ccc8c7cnn8[C@@H]7CC[C@@H](O)N[C@@H]7O)cn6)CC5)CC4)nc3C(F)F)c2n1. The van der Waals surface area contributed by atoms with Gasteiger partial charge in [-0.05, 0) is 81.9 Å². The van der Waals surface area contributed by atoms with Crippen LogP contribution >= 0.6 is 0 Å². The summed E-state index contributed by atoms with van der Waals surface area (Å²) in [5.74, 6) is 0.0396. The standard InChI is InChI=1S/C43H54F3N13O4/c1-2-14-55(18-19-60)36-13-17-56-41(51-36)31(22-48-56)42(62)50-33-25-58(53-39(33)40(45)46)28-5-3-26(4-6-28)23-54-15-11-29(12-16-54)57-24-27(20-47-57)38-30-21-49-59(34(30)8-7-32(38)44)35-9-10-37(61)52-43(35)63/h7-8,13,17,20-22,24-26,28-29,35,37,40,43,52,60-61,63H,2-6,9-12,14-16,18-19,23H2,1H3,(H,50,62)/t26?,28?,35-,37-,43-/m1/s1. The van der Waals surface area contributed by atoms with E-state index in [0.29, 0.717) is 59.7 Å². The number of alkyl halides is 2. The Kier molecular flexibility index (Phi) is 12.5. The first-order valence-electron chi connectivity index (χ1n) is 22.0. The van der Waals surface area contributed by atoms with Crippen molar-refractivity contribution in [2.24, 2.45) is 5.92 Å². The van der Waals surface area contributed by atoms with Gasteiger partial charge in [0.15, 0.2) is 11.3 Å². The number of benzene rings is 1. The third-order valence-electron chi connectivity index (χ3n) is 13.0. The van der Waals surface area contributed by atoms with Gasteiger partial charge in [-0.1, -0.05) is 6.92 Å². The number of fused-ring (bicyclic) bond motifs is 2. The van der Waals surface area contributed by atoms with Gasteiger partial charge in [-0.3, -0.25) is 24.2 Å². The maximum atomic E-state index is 15.4. The fraction of sp³-hybridized carbons (Fsp3) is 0.535. The van der Waals surface area contributed by atoms with Crippen molar-refractivity contribution >= 4 is 34.0 Å². The molecule has 0 bridgehead atoms. The van der Waals surface area contributed by atoms with Crippen LogP contribution in [-0.4, -0.2) is 122 Å². The molecule has 0 radical (unpaired) electrons. The van der Waals surface area contributed by atoms with Crippen molar-refractivity contribution < 1.29 is 33.3 Å². The van der Waals surface area contributed by atoms with E-state index in [1.807, 2.05) is 22.7 Å². The molecule has 0 unspecified atom stereocenters. The molecule has 1 saturated carbocycles. The zero-order valence-electron chi connectivity index (χ0n) is 35.1. The molecular formula is C43H54F3N13O4. The summed E-state index contributed by atoms with van der Waals surface area (Å²) in [6.07, 6.45) is 12.1. The summed E-state index contributed by atoms with van der Waals surface area (Å²) in [7, 11) is 0. The molecule has 1 aromatic carbocycles. The van der Waals surface area contributed by atoms with Crippen LogP contribution in [0.25, 0.3) is 27.7 Å². The van der Waals surface area contributed by atoms with Gasteiger partial charge >= 0.3 is 0 Å². The zero-order chi connectivity index (χ0) is 43.8. The highest BCUT2D eigenvalue weighted by atomic mass is 19.3.